The third-order valence-electron chi connectivity index (χ3n) is 2.21. The lowest BCUT2D eigenvalue weighted by molar-refractivity contribution is -0.139. The summed E-state index contributed by atoms with van der Waals surface area (Å²) in [7, 11) is 0. The molecule has 1 N–H and O–H groups in total. The van der Waals surface area contributed by atoms with Crippen LogP contribution in [0.15, 0.2) is 27.9 Å². The van der Waals surface area contributed by atoms with Gasteiger partial charge in [-0.1, -0.05) is 0 Å². The summed E-state index contributed by atoms with van der Waals surface area (Å²) in [6, 6.07) is 5.32. The summed E-state index contributed by atoms with van der Waals surface area (Å²) in [4.78, 5) is 0. The van der Waals surface area contributed by atoms with Crippen LogP contribution in [-0.4, -0.2) is 0 Å². The molecule has 0 bridgehead atoms. The molecule has 0 fully saturated rings. The Hall–Kier alpha value is -2.57. The highest BCUT2D eigenvalue weighted by Gasteiger charge is 2.35. The third-order valence-corrected chi connectivity index (χ3v) is 2.86. The summed E-state index contributed by atoms with van der Waals surface area (Å²) in [6.07, 6.45) is -4.93. The molecule has 9 heteroatoms. The first-order valence-electron chi connectivity index (χ1n) is 5.02. The van der Waals surface area contributed by atoms with Crippen LogP contribution in [0.5, 0.6) is 0 Å². The summed E-state index contributed by atoms with van der Waals surface area (Å²) in [5.41, 5.74) is -2.99. The highest BCUT2D eigenvalue weighted by Crippen LogP contribution is 2.36. The number of allylic oxidation sites excluding steroid dienone is 2. The first-order valence-corrected chi connectivity index (χ1v) is 5.81. The molecule has 0 amide bonds. The van der Waals surface area contributed by atoms with Gasteiger partial charge in [-0.3, -0.25) is 0 Å². The maximum atomic E-state index is 13.3. The van der Waals surface area contributed by atoms with Gasteiger partial charge in [0.05, 0.1) is 11.3 Å². The molecule has 1 aromatic carbocycles. The van der Waals surface area contributed by atoms with Gasteiger partial charge < -0.3 is 5.32 Å². The molecular formula is C12H3BrF4N4. The van der Waals surface area contributed by atoms with Crippen molar-refractivity contribution in [3.05, 3.63) is 39.3 Å². The molecule has 0 saturated heterocycles. The molecule has 0 radical (unpaired) electrons. The van der Waals surface area contributed by atoms with E-state index in [0.29, 0.717) is 12.1 Å². The lowest BCUT2D eigenvalue weighted by atomic mass is 10.1. The Morgan fingerprint density at radius 3 is 2.10 bits per heavy atom. The lowest BCUT2D eigenvalue weighted by Gasteiger charge is -2.13. The van der Waals surface area contributed by atoms with Crippen LogP contribution < -0.4 is 5.32 Å². The minimum absolute atomic E-state index is 0.101. The van der Waals surface area contributed by atoms with E-state index in [9.17, 15) is 17.6 Å². The van der Waals surface area contributed by atoms with Crippen LogP contribution in [0.2, 0.25) is 0 Å². The standard InChI is InChI=1S/C12H3BrF4N4/c13-8-2-9(14)7(12(15,16)17)1-10(8)21-11(5-20)6(3-18)4-19/h1-2,21H. The van der Waals surface area contributed by atoms with Crippen LogP contribution in [0.3, 0.4) is 0 Å². The number of hydrogen-bond acceptors (Lipinski definition) is 4. The Bertz CT molecular complexity index is 716. The number of rotatable bonds is 2. The lowest BCUT2D eigenvalue weighted by Crippen LogP contribution is -2.10. The fraction of sp³-hybridized carbons (Fsp3) is 0.0833. The largest absolute Gasteiger partial charge is 0.419 e. The van der Waals surface area contributed by atoms with E-state index in [4.69, 9.17) is 15.8 Å². The molecule has 0 aliphatic rings. The van der Waals surface area contributed by atoms with Crippen LogP contribution in [0, 0.1) is 39.8 Å². The Morgan fingerprint density at radius 1 is 1.10 bits per heavy atom. The smallest absolute Gasteiger partial charge is 0.344 e. The maximum absolute atomic E-state index is 13.3. The van der Waals surface area contributed by atoms with Gasteiger partial charge in [0.2, 0.25) is 0 Å². The Kier molecular flexibility index (Phi) is 4.91. The van der Waals surface area contributed by atoms with Gasteiger partial charge in [-0.15, -0.1) is 0 Å². The number of nitrogens with zero attached hydrogens (tertiary/aromatic N) is 3. The number of halogens is 5. The Balaban J connectivity index is 3.41. The van der Waals surface area contributed by atoms with Crippen molar-refractivity contribution in [3.8, 4) is 18.2 Å². The predicted octanol–water partition coefficient (Wildman–Crippen LogP) is 3.84. The van der Waals surface area contributed by atoms with E-state index in [0.717, 1.165) is 0 Å². The van der Waals surface area contributed by atoms with Crippen LogP contribution in [-0.2, 0) is 6.18 Å². The van der Waals surface area contributed by atoms with Crippen LogP contribution in [0.4, 0.5) is 23.2 Å². The Labute approximate surface area is 124 Å². The molecule has 0 spiro atoms. The monoisotopic (exact) mass is 358 g/mol. The molecule has 0 unspecified atom stereocenters. The van der Waals surface area contributed by atoms with Crippen molar-refractivity contribution in [2.24, 2.45) is 0 Å². The zero-order chi connectivity index (χ0) is 16.2. The average molecular weight is 359 g/mol. The Morgan fingerprint density at radius 2 is 1.67 bits per heavy atom. The van der Waals surface area contributed by atoms with E-state index in [1.807, 2.05) is 0 Å². The second-order valence-electron chi connectivity index (χ2n) is 3.52. The molecule has 0 aliphatic carbocycles. The van der Waals surface area contributed by atoms with Gasteiger partial charge in [-0.2, -0.15) is 29.0 Å². The predicted molar refractivity (Wildman–Crippen MR) is 66.6 cm³/mol. The molecule has 0 atom stereocenters. The molecule has 21 heavy (non-hydrogen) atoms. The summed E-state index contributed by atoms with van der Waals surface area (Å²) >= 11 is 2.83. The first-order chi connectivity index (χ1) is 9.74. The van der Waals surface area contributed by atoms with Gasteiger partial charge in [0.1, 0.15) is 29.7 Å². The summed E-state index contributed by atoms with van der Waals surface area (Å²) < 4.78 is 51.0. The number of nitrogens with one attached hydrogen (secondary N) is 1. The van der Waals surface area contributed by atoms with E-state index in [-0.39, 0.29) is 10.2 Å². The number of anilines is 1. The van der Waals surface area contributed by atoms with Crippen LogP contribution >= 0.6 is 15.9 Å². The van der Waals surface area contributed by atoms with Crippen LogP contribution in [0.25, 0.3) is 0 Å². The van der Waals surface area contributed by atoms with Crippen molar-refractivity contribution in [1.29, 1.82) is 15.8 Å². The van der Waals surface area contributed by atoms with E-state index in [2.05, 4.69) is 21.2 Å². The van der Waals surface area contributed by atoms with Gasteiger partial charge in [-0.05, 0) is 28.1 Å². The quantitative estimate of drug-likeness (QED) is 0.642. The number of hydrogen-bond donors (Lipinski definition) is 1. The van der Waals surface area contributed by atoms with Crippen molar-refractivity contribution in [2.75, 3.05) is 5.32 Å². The van der Waals surface area contributed by atoms with Crippen molar-refractivity contribution < 1.29 is 17.6 Å². The van der Waals surface area contributed by atoms with Crippen molar-refractivity contribution in [2.45, 2.75) is 6.18 Å². The number of alkyl halides is 3. The minimum Gasteiger partial charge on any atom is -0.344 e. The third kappa shape index (κ3) is 3.71. The van der Waals surface area contributed by atoms with Gasteiger partial charge >= 0.3 is 6.18 Å². The van der Waals surface area contributed by atoms with E-state index >= 15 is 0 Å². The van der Waals surface area contributed by atoms with E-state index in [1.165, 1.54) is 18.2 Å². The average Bonchev–Trinajstić information content (AvgIpc) is 2.39. The summed E-state index contributed by atoms with van der Waals surface area (Å²) in [6.45, 7) is 0. The molecular weight excluding hydrogens is 356 g/mol. The second-order valence-corrected chi connectivity index (χ2v) is 4.37. The van der Waals surface area contributed by atoms with Gasteiger partial charge in [0, 0.05) is 4.47 Å². The fourth-order valence-electron chi connectivity index (χ4n) is 1.28. The van der Waals surface area contributed by atoms with Crippen LogP contribution in [0.1, 0.15) is 5.56 Å². The highest BCUT2D eigenvalue weighted by molar-refractivity contribution is 9.10. The fourth-order valence-corrected chi connectivity index (χ4v) is 1.69. The van der Waals surface area contributed by atoms with Crippen molar-refractivity contribution in [3.63, 3.8) is 0 Å². The molecule has 106 valence electrons. The first kappa shape index (κ1) is 16.5. The zero-order valence-corrected chi connectivity index (χ0v) is 11.5. The molecule has 1 aromatic rings. The van der Waals surface area contributed by atoms with Crippen molar-refractivity contribution in [1.82, 2.24) is 0 Å². The zero-order valence-electron chi connectivity index (χ0n) is 9.89. The van der Waals surface area contributed by atoms with Crippen molar-refractivity contribution >= 4 is 21.6 Å². The van der Waals surface area contributed by atoms with E-state index < -0.39 is 28.8 Å². The molecule has 0 heterocycles. The second kappa shape index (κ2) is 6.25. The normalized spacial score (nSPS) is 10.0. The maximum Gasteiger partial charge on any atom is 0.419 e. The topological polar surface area (TPSA) is 83.4 Å². The molecule has 1 rings (SSSR count). The van der Waals surface area contributed by atoms with Gasteiger partial charge in [0.15, 0.2) is 5.57 Å². The van der Waals surface area contributed by atoms with Gasteiger partial charge in [-0.25, -0.2) is 4.39 Å². The summed E-state index contributed by atoms with van der Waals surface area (Å²) in [5, 5.41) is 28.3. The van der Waals surface area contributed by atoms with E-state index in [1.54, 1.807) is 0 Å². The van der Waals surface area contributed by atoms with Gasteiger partial charge in [0.25, 0.3) is 0 Å². The number of benzene rings is 1. The SMILES string of the molecule is N#CC(C#N)=C(C#N)Nc1cc(C(F)(F)F)c(F)cc1Br. The highest BCUT2D eigenvalue weighted by atomic mass is 79.9. The molecule has 0 aromatic heterocycles. The molecule has 0 aliphatic heterocycles. The minimum atomic E-state index is -4.93. The molecule has 4 nitrogen and oxygen atoms in total. The number of nitriles is 3. The molecule has 0 saturated carbocycles. The summed E-state index contributed by atoms with van der Waals surface area (Å²) in [5.74, 6) is -1.50.